The predicted octanol–water partition coefficient (Wildman–Crippen LogP) is 4.90. The maximum Gasteiger partial charge on any atom is 0.387 e. The number of rotatable bonds is 10. The van der Waals surface area contributed by atoms with Crippen molar-refractivity contribution in [2.24, 2.45) is 0 Å². The lowest BCUT2D eigenvalue weighted by molar-refractivity contribution is -0.145. The second-order valence-electron chi connectivity index (χ2n) is 7.83. The second kappa shape index (κ2) is 12.6. The van der Waals surface area contributed by atoms with Crippen molar-refractivity contribution in [3.63, 3.8) is 0 Å². The predicted molar refractivity (Wildman–Crippen MR) is 121 cm³/mol. The zero-order valence-corrected chi connectivity index (χ0v) is 19.2. The molecular formula is C24H30ClF2NO4. The van der Waals surface area contributed by atoms with Crippen LogP contribution in [0, 0.1) is 0 Å². The summed E-state index contributed by atoms with van der Waals surface area (Å²) in [6.07, 6.45) is 3.03. The van der Waals surface area contributed by atoms with Gasteiger partial charge in [-0.25, -0.2) is 0 Å². The van der Waals surface area contributed by atoms with Gasteiger partial charge in [-0.05, 0) is 55.6 Å². The van der Waals surface area contributed by atoms with Gasteiger partial charge in [0.1, 0.15) is 17.6 Å². The van der Waals surface area contributed by atoms with Crippen molar-refractivity contribution in [1.82, 2.24) is 4.90 Å². The summed E-state index contributed by atoms with van der Waals surface area (Å²) >= 11 is 0. The van der Waals surface area contributed by atoms with Crippen LogP contribution in [0.1, 0.15) is 30.9 Å². The van der Waals surface area contributed by atoms with Gasteiger partial charge in [0.05, 0.1) is 6.61 Å². The Hall–Kier alpha value is -2.38. The maximum absolute atomic E-state index is 12.4. The average Bonchev–Trinajstić information content (AvgIpc) is 3.05. The molecule has 1 aliphatic rings. The summed E-state index contributed by atoms with van der Waals surface area (Å²) in [5.74, 6) is 0.764. The van der Waals surface area contributed by atoms with Gasteiger partial charge in [0.2, 0.25) is 0 Å². The molecule has 0 saturated carbocycles. The summed E-state index contributed by atoms with van der Waals surface area (Å²) in [6, 6.07) is 15.0. The highest BCUT2D eigenvalue weighted by molar-refractivity contribution is 5.85. The van der Waals surface area contributed by atoms with E-state index in [1.54, 1.807) is 12.1 Å². The number of hydrogen-bond donors (Lipinski definition) is 0. The minimum atomic E-state index is -2.83. The number of para-hydroxylation sites is 1. The number of halogens is 3. The highest BCUT2D eigenvalue weighted by Crippen LogP contribution is 2.24. The summed E-state index contributed by atoms with van der Waals surface area (Å²) in [4.78, 5) is 13.4. The van der Waals surface area contributed by atoms with Crippen molar-refractivity contribution in [2.75, 3.05) is 20.2 Å². The fraction of sp³-hybridized carbons (Fsp3) is 0.458. The van der Waals surface area contributed by atoms with Gasteiger partial charge in [0.15, 0.2) is 0 Å². The fourth-order valence-electron chi connectivity index (χ4n) is 4.00. The largest absolute Gasteiger partial charge is 0.493 e. The Morgan fingerprint density at radius 3 is 2.69 bits per heavy atom. The van der Waals surface area contributed by atoms with Crippen LogP contribution < -0.4 is 9.47 Å². The van der Waals surface area contributed by atoms with Gasteiger partial charge in [-0.1, -0.05) is 30.3 Å². The Labute approximate surface area is 194 Å². The number of ether oxygens (including phenoxy) is 3. The van der Waals surface area contributed by atoms with E-state index in [4.69, 9.17) is 9.47 Å². The van der Waals surface area contributed by atoms with Crippen molar-refractivity contribution < 1.29 is 27.8 Å². The monoisotopic (exact) mass is 469 g/mol. The van der Waals surface area contributed by atoms with Gasteiger partial charge in [-0.2, -0.15) is 8.78 Å². The van der Waals surface area contributed by atoms with Gasteiger partial charge < -0.3 is 14.2 Å². The molecule has 1 heterocycles. The molecule has 0 aliphatic carbocycles. The quantitative estimate of drug-likeness (QED) is 0.463. The van der Waals surface area contributed by atoms with E-state index in [2.05, 4.69) is 9.64 Å². The van der Waals surface area contributed by atoms with Gasteiger partial charge in [-0.15, -0.1) is 12.4 Å². The smallest absolute Gasteiger partial charge is 0.387 e. The number of alkyl halides is 2. The van der Waals surface area contributed by atoms with Gasteiger partial charge in [-0.3, -0.25) is 9.69 Å². The summed E-state index contributed by atoms with van der Waals surface area (Å²) in [5.41, 5.74) is 2.00. The fourth-order valence-corrected chi connectivity index (χ4v) is 4.00. The third kappa shape index (κ3) is 7.95. The Morgan fingerprint density at radius 2 is 1.94 bits per heavy atom. The lowest BCUT2D eigenvalue weighted by atomic mass is 10.0. The van der Waals surface area contributed by atoms with E-state index in [0.29, 0.717) is 19.1 Å². The molecular weight excluding hydrogens is 440 g/mol. The SMILES string of the molecule is CC(=O)O[C@@H]1C[C@@H](CCOc2ccccc2CCc2cccc(OC(F)F)c2)N(C)C1.Cl. The summed E-state index contributed by atoms with van der Waals surface area (Å²) in [5, 5.41) is 0. The van der Waals surface area contributed by atoms with Crippen molar-refractivity contribution >= 4 is 18.4 Å². The topological polar surface area (TPSA) is 48.0 Å². The van der Waals surface area contributed by atoms with Crippen LogP contribution >= 0.6 is 12.4 Å². The Morgan fingerprint density at radius 1 is 1.16 bits per heavy atom. The molecule has 1 saturated heterocycles. The molecule has 5 nitrogen and oxygen atoms in total. The molecule has 1 aliphatic heterocycles. The van der Waals surface area contributed by atoms with Gasteiger partial charge >= 0.3 is 12.6 Å². The lowest BCUT2D eigenvalue weighted by Crippen LogP contribution is -2.27. The third-order valence-corrected chi connectivity index (χ3v) is 5.47. The molecule has 32 heavy (non-hydrogen) atoms. The maximum atomic E-state index is 12.4. The molecule has 1 fully saturated rings. The molecule has 2 aromatic carbocycles. The zero-order chi connectivity index (χ0) is 22.2. The summed E-state index contributed by atoms with van der Waals surface area (Å²) < 4.78 is 40.7. The zero-order valence-electron chi connectivity index (χ0n) is 18.3. The summed E-state index contributed by atoms with van der Waals surface area (Å²) in [7, 11) is 2.04. The highest BCUT2D eigenvalue weighted by Gasteiger charge is 2.31. The molecule has 0 aromatic heterocycles. The molecule has 2 atom stereocenters. The third-order valence-electron chi connectivity index (χ3n) is 5.47. The van der Waals surface area contributed by atoms with Crippen LogP contribution in [0.15, 0.2) is 48.5 Å². The average molecular weight is 470 g/mol. The lowest BCUT2D eigenvalue weighted by Gasteiger charge is -2.19. The van der Waals surface area contributed by atoms with Crippen LogP contribution in [0.3, 0.4) is 0 Å². The number of nitrogens with zero attached hydrogens (tertiary/aromatic N) is 1. The molecule has 8 heteroatoms. The van der Waals surface area contributed by atoms with Gasteiger partial charge in [0, 0.05) is 25.9 Å². The molecule has 0 spiro atoms. The molecule has 3 rings (SSSR count). The van der Waals surface area contributed by atoms with Crippen molar-refractivity contribution in [2.45, 2.75) is 51.4 Å². The van der Waals surface area contributed by atoms with Crippen molar-refractivity contribution in [1.29, 1.82) is 0 Å². The highest BCUT2D eigenvalue weighted by atomic mass is 35.5. The minimum Gasteiger partial charge on any atom is -0.493 e. The number of aryl methyl sites for hydroxylation is 2. The van der Waals surface area contributed by atoms with Crippen LogP contribution in [0.2, 0.25) is 0 Å². The molecule has 0 N–H and O–H groups in total. The van der Waals surface area contributed by atoms with E-state index >= 15 is 0 Å². The number of likely N-dealkylation sites (tertiary alicyclic amines) is 1. The standard InChI is InChI=1S/C24H29F2NO4.ClH/c1-17(28)30-22-15-20(27(2)16-22)12-13-29-23-9-4-3-7-19(23)11-10-18-6-5-8-21(14-18)31-24(25)26;/h3-9,14,20,22,24H,10-13,15-16H2,1-2H3;1H/t20-,22-;/m1./s1. The van der Waals surface area contributed by atoms with Crippen molar-refractivity contribution in [3.8, 4) is 11.5 Å². The molecule has 0 bridgehead atoms. The number of benzene rings is 2. The van der Waals surface area contributed by atoms with E-state index in [-0.39, 0.29) is 30.2 Å². The van der Waals surface area contributed by atoms with E-state index in [0.717, 1.165) is 42.7 Å². The first-order valence-electron chi connectivity index (χ1n) is 10.5. The van der Waals surface area contributed by atoms with E-state index in [1.165, 1.54) is 13.0 Å². The Balaban J connectivity index is 0.00000363. The van der Waals surface area contributed by atoms with Gasteiger partial charge in [0.25, 0.3) is 0 Å². The van der Waals surface area contributed by atoms with Crippen LogP contribution in [-0.2, 0) is 22.4 Å². The molecule has 0 unspecified atom stereocenters. The van der Waals surface area contributed by atoms with E-state index in [1.807, 2.05) is 37.4 Å². The first-order chi connectivity index (χ1) is 14.9. The number of carbonyl (C=O) groups is 1. The molecule has 0 radical (unpaired) electrons. The van der Waals surface area contributed by atoms with Crippen LogP contribution in [-0.4, -0.2) is 49.8 Å². The number of esters is 1. The molecule has 0 amide bonds. The van der Waals surface area contributed by atoms with E-state index < -0.39 is 6.61 Å². The summed E-state index contributed by atoms with van der Waals surface area (Å²) in [6.45, 7) is -0.0752. The minimum absolute atomic E-state index is 0. The number of carbonyl (C=O) groups excluding carboxylic acids is 1. The number of likely N-dealkylation sites (N-methyl/N-ethyl adjacent to an activating group) is 1. The Bertz CT molecular complexity index is 867. The van der Waals surface area contributed by atoms with Crippen LogP contribution in [0.25, 0.3) is 0 Å². The first kappa shape index (κ1) is 25.9. The second-order valence-corrected chi connectivity index (χ2v) is 7.83. The molecule has 2 aromatic rings. The van der Waals surface area contributed by atoms with E-state index in [9.17, 15) is 13.6 Å². The van der Waals surface area contributed by atoms with Crippen molar-refractivity contribution in [3.05, 3.63) is 59.7 Å². The molecule has 176 valence electrons. The Kier molecular flexibility index (Phi) is 10.2. The number of hydrogen-bond acceptors (Lipinski definition) is 5. The first-order valence-corrected chi connectivity index (χ1v) is 10.5. The van der Waals surface area contributed by atoms with Crippen LogP contribution in [0.4, 0.5) is 8.78 Å². The van der Waals surface area contributed by atoms with Crippen LogP contribution in [0.5, 0.6) is 11.5 Å². The normalized spacial score (nSPS) is 18.3.